The summed E-state index contributed by atoms with van der Waals surface area (Å²) in [6.07, 6.45) is 1.32. The predicted octanol–water partition coefficient (Wildman–Crippen LogP) is 2.52. The summed E-state index contributed by atoms with van der Waals surface area (Å²) in [5.74, 6) is 0.644. The van der Waals surface area contributed by atoms with E-state index in [4.69, 9.17) is 9.26 Å². The molecule has 0 atom stereocenters. The topological polar surface area (TPSA) is 106 Å². The predicted molar refractivity (Wildman–Crippen MR) is 104 cm³/mol. The van der Waals surface area contributed by atoms with Crippen molar-refractivity contribution in [1.82, 2.24) is 21.0 Å². The standard InChI is InChI=1S/C19H20N4O4S/c1-2-13-5-7-14(8-6-13)26-12-17(25)22-21-16(24)9-10-18-20-19(23-27-18)15-4-3-11-28-15/h3-8,11H,2,9-10,12H2,1H3,(H,21,24)(H,22,25). The summed E-state index contributed by atoms with van der Waals surface area (Å²) in [5.41, 5.74) is 5.83. The third-order valence-corrected chi connectivity index (χ3v) is 4.68. The van der Waals surface area contributed by atoms with Crippen molar-refractivity contribution in [3.63, 3.8) is 0 Å². The van der Waals surface area contributed by atoms with Gasteiger partial charge in [-0.3, -0.25) is 20.4 Å². The third-order valence-electron chi connectivity index (χ3n) is 3.82. The van der Waals surface area contributed by atoms with E-state index in [0.29, 0.717) is 17.5 Å². The number of nitrogens with one attached hydrogen (secondary N) is 2. The van der Waals surface area contributed by atoms with Gasteiger partial charge < -0.3 is 9.26 Å². The van der Waals surface area contributed by atoms with Crippen LogP contribution in [0.4, 0.5) is 0 Å². The second-order valence-electron chi connectivity index (χ2n) is 5.87. The first-order valence-electron chi connectivity index (χ1n) is 8.80. The van der Waals surface area contributed by atoms with Crippen molar-refractivity contribution in [3.05, 3.63) is 53.2 Å². The molecular formula is C19H20N4O4S. The lowest BCUT2D eigenvalue weighted by atomic mass is 10.2. The van der Waals surface area contributed by atoms with Crippen molar-refractivity contribution in [1.29, 1.82) is 0 Å². The fraction of sp³-hybridized carbons (Fsp3) is 0.263. The number of hydrazine groups is 1. The number of carbonyl (C=O) groups excluding carboxylic acids is 2. The van der Waals surface area contributed by atoms with Crippen LogP contribution in [0.5, 0.6) is 5.75 Å². The Morgan fingerprint density at radius 2 is 1.93 bits per heavy atom. The Bertz CT molecular complexity index is 906. The minimum absolute atomic E-state index is 0.103. The van der Waals surface area contributed by atoms with Crippen LogP contribution in [0.1, 0.15) is 24.8 Å². The molecule has 3 aromatic rings. The van der Waals surface area contributed by atoms with E-state index in [2.05, 4.69) is 27.9 Å². The minimum Gasteiger partial charge on any atom is -0.484 e. The highest BCUT2D eigenvalue weighted by atomic mass is 32.1. The van der Waals surface area contributed by atoms with Crippen LogP contribution in [0.25, 0.3) is 10.7 Å². The van der Waals surface area contributed by atoms with Crippen molar-refractivity contribution in [2.24, 2.45) is 0 Å². The number of nitrogens with zero attached hydrogens (tertiary/aromatic N) is 2. The van der Waals surface area contributed by atoms with E-state index in [1.807, 2.05) is 29.6 Å². The lowest BCUT2D eigenvalue weighted by Gasteiger charge is -2.08. The van der Waals surface area contributed by atoms with Crippen LogP contribution in [0, 0.1) is 0 Å². The Hall–Kier alpha value is -3.20. The summed E-state index contributed by atoms with van der Waals surface area (Å²) in [6.45, 7) is 1.87. The Labute approximate surface area is 165 Å². The average Bonchev–Trinajstić information content (AvgIpc) is 3.41. The van der Waals surface area contributed by atoms with Gasteiger partial charge in [-0.2, -0.15) is 4.98 Å². The molecule has 0 saturated carbocycles. The highest BCUT2D eigenvalue weighted by molar-refractivity contribution is 7.13. The van der Waals surface area contributed by atoms with Crippen LogP contribution in [0.2, 0.25) is 0 Å². The number of hydrogen-bond acceptors (Lipinski definition) is 7. The summed E-state index contributed by atoms with van der Waals surface area (Å²) < 4.78 is 10.5. The van der Waals surface area contributed by atoms with Gasteiger partial charge in [-0.15, -0.1) is 11.3 Å². The molecule has 28 heavy (non-hydrogen) atoms. The summed E-state index contributed by atoms with van der Waals surface area (Å²) in [5, 5.41) is 5.80. The number of hydrogen-bond donors (Lipinski definition) is 2. The van der Waals surface area contributed by atoms with Crippen LogP contribution in [-0.4, -0.2) is 28.6 Å². The van der Waals surface area contributed by atoms with Gasteiger partial charge in [-0.05, 0) is 35.6 Å². The van der Waals surface area contributed by atoms with E-state index in [1.165, 1.54) is 16.9 Å². The van der Waals surface area contributed by atoms with Crippen molar-refractivity contribution < 1.29 is 18.8 Å². The van der Waals surface area contributed by atoms with E-state index in [0.717, 1.165) is 11.3 Å². The second kappa shape index (κ2) is 9.65. The van der Waals surface area contributed by atoms with E-state index in [-0.39, 0.29) is 25.4 Å². The molecule has 2 amide bonds. The zero-order valence-corrected chi connectivity index (χ0v) is 16.1. The van der Waals surface area contributed by atoms with Crippen LogP contribution in [0.15, 0.2) is 46.3 Å². The third kappa shape index (κ3) is 5.65. The maximum Gasteiger partial charge on any atom is 0.276 e. The molecule has 2 heterocycles. The van der Waals surface area contributed by atoms with Gasteiger partial charge in [-0.25, -0.2) is 0 Å². The van der Waals surface area contributed by atoms with E-state index < -0.39 is 5.91 Å². The number of aromatic nitrogens is 2. The first-order chi connectivity index (χ1) is 13.6. The Balaban J connectivity index is 1.35. The largest absolute Gasteiger partial charge is 0.484 e. The van der Waals surface area contributed by atoms with Crippen molar-refractivity contribution in [2.45, 2.75) is 26.2 Å². The van der Waals surface area contributed by atoms with Crippen molar-refractivity contribution >= 4 is 23.2 Å². The van der Waals surface area contributed by atoms with Gasteiger partial charge in [-0.1, -0.05) is 30.3 Å². The lowest BCUT2D eigenvalue weighted by molar-refractivity contribution is -0.130. The lowest BCUT2D eigenvalue weighted by Crippen LogP contribution is -2.43. The molecule has 9 heteroatoms. The van der Waals surface area contributed by atoms with Gasteiger partial charge in [0.15, 0.2) is 6.61 Å². The number of ether oxygens (including phenoxy) is 1. The normalized spacial score (nSPS) is 10.5. The number of benzene rings is 1. The zero-order chi connectivity index (χ0) is 19.8. The molecule has 2 N–H and O–H groups in total. The highest BCUT2D eigenvalue weighted by Gasteiger charge is 2.12. The van der Waals surface area contributed by atoms with Gasteiger partial charge in [0, 0.05) is 12.8 Å². The Morgan fingerprint density at radius 1 is 1.14 bits per heavy atom. The minimum atomic E-state index is -0.453. The monoisotopic (exact) mass is 400 g/mol. The Kier molecular flexibility index (Phi) is 6.74. The molecule has 0 aliphatic carbocycles. The van der Waals surface area contributed by atoms with E-state index in [9.17, 15) is 9.59 Å². The number of carbonyl (C=O) groups is 2. The number of rotatable bonds is 8. The second-order valence-corrected chi connectivity index (χ2v) is 6.82. The van der Waals surface area contributed by atoms with Gasteiger partial charge >= 0.3 is 0 Å². The molecule has 0 saturated heterocycles. The van der Waals surface area contributed by atoms with Gasteiger partial charge in [0.1, 0.15) is 5.75 Å². The highest BCUT2D eigenvalue weighted by Crippen LogP contribution is 2.21. The molecule has 1 aromatic carbocycles. The van der Waals surface area contributed by atoms with Crippen molar-refractivity contribution in [2.75, 3.05) is 6.61 Å². The van der Waals surface area contributed by atoms with E-state index >= 15 is 0 Å². The molecule has 146 valence electrons. The molecule has 0 bridgehead atoms. The van der Waals surface area contributed by atoms with Crippen LogP contribution in [0.3, 0.4) is 0 Å². The first-order valence-corrected chi connectivity index (χ1v) is 9.68. The van der Waals surface area contributed by atoms with Crippen LogP contribution < -0.4 is 15.6 Å². The van der Waals surface area contributed by atoms with Crippen LogP contribution >= 0.6 is 11.3 Å². The van der Waals surface area contributed by atoms with Crippen LogP contribution in [-0.2, 0) is 22.4 Å². The van der Waals surface area contributed by atoms with Gasteiger partial charge in [0.25, 0.3) is 5.91 Å². The molecule has 0 radical (unpaired) electrons. The Morgan fingerprint density at radius 3 is 2.64 bits per heavy atom. The number of amides is 2. The summed E-state index contributed by atoms with van der Waals surface area (Å²) in [4.78, 5) is 28.7. The summed E-state index contributed by atoms with van der Waals surface area (Å²) in [6, 6.07) is 11.3. The van der Waals surface area contributed by atoms with Crippen molar-refractivity contribution in [3.8, 4) is 16.5 Å². The quantitative estimate of drug-likeness (QED) is 0.563. The number of thiophene rings is 1. The first kappa shape index (κ1) is 19.6. The molecule has 0 unspecified atom stereocenters. The summed E-state index contributed by atoms with van der Waals surface area (Å²) >= 11 is 1.51. The molecule has 0 spiro atoms. The zero-order valence-electron chi connectivity index (χ0n) is 15.3. The molecule has 0 aliphatic heterocycles. The molecule has 8 nitrogen and oxygen atoms in total. The maximum atomic E-state index is 11.8. The fourth-order valence-corrected chi connectivity index (χ4v) is 2.94. The molecular weight excluding hydrogens is 380 g/mol. The van der Waals surface area contributed by atoms with Gasteiger partial charge in [0.05, 0.1) is 4.88 Å². The molecule has 0 aliphatic rings. The smallest absolute Gasteiger partial charge is 0.276 e. The number of aryl methyl sites for hydroxylation is 2. The SMILES string of the molecule is CCc1ccc(OCC(=O)NNC(=O)CCc2nc(-c3cccs3)no2)cc1. The maximum absolute atomic E-state index is 11.8. The van der Waals surface area contributed by atoms with E-state index in [1.54, 1.807) is 12.1 Å². The average molecular weight is 400 g/mol. The molecule has 0 fully saturated rings. The summed E-state index contributed by atoms with van der Waals surface area (Å²) in [7, 11) is 0. The fourth-order valence-electron chi connectivity index (χ4n) is 2.29. The molecule has 2 aromatic heterocycles. The molecule has 3 rings (SSSR count). The van der Waals surface area contributed by atoms with Gasteiger partial charge in [0.2, 0.25) is 17.6 Å².